The van der Waals surface area contributed by atoms with Gasteiger partial charge < -0.3 is 14.2 Å². The molecule has 0 saturated carbocycles. The highest BCUT2D eigenvalue weighted by atomic mass is 16.7. The van der Waals surface area contributed by atoms with Gasteiger partial charge in [-0.25, -0.2) is 0 Å². The van der Waals surface area contributed by atoms with Crippen molar-refractivity contribution in [3.05, 3.63) is 124 Å². The third-order valence-corrected chi connectivity index (χ3v) is 15.0. The molecule has 0 radical (unpaired) electrons. The Kier molecular flexibility index (Phi) is 17.0. The van der Waals surface area contributed by atoms with Gasteiger partial charge in [-0.15, -0.1) is 0 Å². The van der Waals surface area contributed by atoms with Crippen LogP contribution in [-0.4, -0.2) is 68.2 Å². The molecule has 4 aromatic carbocycles. The van der Waals surface area contributed by atoms with E-state index in [9.17, 15) is 0 Å². The van der Waals surface area contributed by atoms with Gasteiger partial charge >= 0.3 is 0 Å². The van der Waals surface area contributed by atoms with Gasteiger partial charge in [0.2, 0.25) is 0 Å². The second kappa shape index (κ2) is 22.2. The minimum absolute atomic E-state index is 0.0322. The van der Waals surface area contributed by atoms with Crippen molar-refractivity contribution in [3.8, 4) is 17.2 Å². The molecular formula is C60H87N3O6. The summed E-state index contributed by atoms with van der Waals surface area (Å²) in [5.41, 5.74) is 7.21. The van der Waals surface area contributed by atoms with Crippen LogP contribution in [-0.2, 0) is 53.6 Å². The number of piperidine rings is 3. The second-order valence-electron chi connectivity index (χ2n) is 24.0. The zero-order chi connectivity index (χ0) is 49.5. The maximum atomic E-state index is 6.45. The topological polar surface area (TPSA) is 65.1 Å². The average molecular weight is 946 g/mol. The first-order valence-electron chi connectivity index (χ1n) is 26.2. The summed E-state index contributed by atoms with van der Waals surface area (Å²) in [7, 11) is 0. The highest BCUT2D eigenvalue weighted by molar-refractivity contribution is 5.43. The fraction of sp³-hybridized carbons (Fsp3) is 0.600. The summed E-state index contributed by atoms with van der Waals surface area (Å²) in [5.74, 6) is 2.08. The van der Waals surface area contributed by atoms with Crippen LogP contribution >= 0.6 is 0 Å². The maximum Gasteiger partial charge on any atom is 0.127 e. The first-order valence-corrected chi connectivity index (χ1v) is 26.2. The number of ether oxygens (including phenoxy) is 3. The molecule has 3 saturated heterocycles. The zero-order valence-corrected chi connectivity index (χ0v) is 44.7. The van der Waals surface area contributed by atoms with Gasteiger partial charge in [-0.05, 0) is 194 Å². The Hall–Kier alpha value is -3.96. The Balaban J connectivity index is 0.951. The molecule has 0 unspecified atom stereocenters. The molecule has 3 heterocycles. The highest BCUT2D eigenvalue weighted by Gasteiger charge is 2.44. The number of benzene rings is 4. The third-order valence-electron chi connectivity index (χ3n) is 15.0. The first-order chi connectivity index (χ1) is 32.6. The van der Waals surface area contributed by atoms with E-state index in [4.69, 9.17) is 28.7 Å². The number of hydrogen-bond donors (Lipinski definition) is 0. The lowest BCUT2D eigenvalue weighted by atomic mass is 9.82. The number of hydrogen-bond acceptors (Lipinski definition) is 9. The molecule has 0 aliphatic carbocycles. The molecule has 0 spiro atoms. The van der Waals surface area contributed by atoms with Crippen LogP contribution in [0, 0.1) is 0 Å². The largest absolute Gasteiger partial charge is 0.489 e. The van der Waals surface area contributed by atoms with Gasteiger partial charge in [0.1, 0.15) is 37.1 Å². The molecule has 3 aliphatic heterocycles. The Morgan fingerprint density at radius 2 is 0.522 bits per heavy atom. The zero-order valence-electron chi connectivity index (χ0n) is 44.7. The van der Waals surface area contributed by atoms with Crippen LogP contribution in [0.15, 0.2) is 91.0 Å². The summed E-state index contributed by atoms with van der Waals surface area (Å²) < 4.78 is 19.3. The Morgan fingerprint density at radius 1 is 0.319 bits per heavy atom. The van der Waals surface area contributed by atoms with Crippen molar-refractivity contribution in [2.75, 3.05) is 19.8 Å². The second-order valence-corrected chi connectivity index (χ2v) is 24.0. The summed E-state index contributed by atoms with van der Waals surface area (Å²) in [4.78, 5) is 19.3. The quantitative estimate of drug-likeness (QED) is 0.0812. The molecular weight excluding hydrogens is 859 g/mol. The van der Waals surface area contributed by atoms with E-state index in [0.717, 1.165) is 74.5 Å². The van der Waals surface area contributed by atoms with E-state index in [0.29, 0.717) is 56.9 Å². The lowest BCUT2D eigenvalue weighted by Crippen LogP contribution is -2.58. The smallest absolute Gasteiger partial charge is 0.127 e. The molecule has 9 heteroatoms. The van der Waals surface area contributed by atoms with Gasteiger partial charge in [-0.2, -0.15) is 15.2 Å². The van der Waals surface area contributed by atoms with Gasteiger partial charge in [0.15, 0.2) is 0 Å². The van der Waals surface area contributed by atoms with Gasteiger partial charge in [0.05, 0.1) is 19.8 Å². The van der Waals surface area contributed by atoms with Crippen LogP contribution in [0.5, 0.6) is 17.2 Å². The van der Waals surface area contributed by atoms with Gasteiger partial charge in [-0.1, -0.05) is 72.8 Å². The van der Waals surface area contributed by atoms with E-state index in [1.807, 2.05) is 18.2 Å². The summed E-state index contributed by atoms with van der Waals surface area (Å²) in [6, 6.07) is 31.9. The van der Waals surface area contributed by atoms with Crippen LogP contribution in [0.3, 0.4) is 0 Å². The highest BCUT2D eigenvalue weighted by Crippen LogP contribution is 2.41. The van der Waals surface area contributed by atoms with E-state index in [2.05, 4.69) is 171 Å². The van der Waals surface area contributed by atoms with E-state index >= 15 is 0 Å². The first kappa shape index (κ1) is 52.9. The van der Waals surface area contributed by atoms with Crippen LogP contribution in [0.1, 0.15) is 174 Å². The minimum atomic E-state index is 0.0322. The monoisotopic (exact) mass is 946 g/mol. The van der Waals surface area contributed by atoms with Crippen molar-refractivity contribution in [3.63, 3.8) is 0 Å². The van der Waals surface area contributed by atoms with Crippen molar-refractivity contribution in [2.24, 2.45) is 0 Å². The van der Waals surface area contributed by atoms with E-state index < -0.39 is 0 Å². The molecule has 69 heavy (non-hydrogen) atoms. The minimum Gasteiger partial charge on any atom is -0.489 e. The average Bonchev–Trinajstić information content (AvgIpc) is 3.27. The van der Waals surface area contributed by atoms with Gasteiger partial charge in [0.25, 0.3) is 0 Å². The summed E-state index contributed by atoms with van der Waals surface area (Å²) in [5, 5.41) is 6.74. The molecule has 0 N–H and O–H groups in total. The fourth-order valence-corrected chi connectivity index (χ4v) is 11.4. The fourth-order valence-electron chi connectivity index (χ4n) is 11.4. The predicted molar refractivity (Wildman–Crippen MR) is 279 cm³/mol. The standard InChI is InChI=1S/C60H87N3O6/c1-55(2)31-13-32-56(3,4)61(55)67-37-28-46-16-22-49(23-17-46)43-64-52-40-53(65-44-50-24-18-47(19-25-50)29-38-68-62-57(5,6)33-14-34-58(62,7)8)42-54(41-52)66-45-51-26-20-48(21-27-51)30-39-69-63-59(9,10)35-15-36-60(63,11)12/h16-27,40-42H,13-15,28-39,43-45H2,1-12H3. The summed E-state index contributed by atoms with van der Waals surface area (Å²) >= 11 is 0. The van der Waals surface area contributed by atoms with Crippen molar-refractivity contribution in [2.45, 2.75) is 213 Å². The van der Waals surface area contributed by atoms with Crippen LogP contribution in [0.25, 0.3) is 0 Å². The molecule has 0 amide bonds. The maximum absolute atomic E-state index is 6.45. The Bertz CT molecular complexity index is 1920. The van der Waals surface area contributed by atoms with Crippen molar-refractivity contribution in [1.82, 2.24) is 15.2 Å². The normalized spacial score (nSPS) is 20.9. The van der Waals surface area contributed by atoms with E-state index in [1.54, 1.807) is 0 Å². The lowest BCUT2D eigenvalue weighted by Gasteiger charge is -2.51. The Morgan fingerprint density at radius 3 is 0.739 bits per heavy atom. The predicted octanol–water partition coefficient (Wildman–Crippen LogP) is 14.0. The Labute approximate surface area is 417 Å². The molecule has 4 aromatic rings. The van der Waals surface area contributed by atoms with Crippen LogP contribution in [0.2, 0.25) is 0 Å². The van der Waals surface area contributed by atoms with E-state index in [-0.39, 0.29) is 33.2 Å². The third kappa shape index (κ3) is 14.4. The van der Waals surface area contributed by atoms with Gasteiger partial charge in [-0.3, -0.25) is 14.5 Å². The summed E-state index contributed by atoms with van der Waals surface area (Å²) in [6.07, 6.45) is 13.2. The van der Waals surface area contributed by atoms with Crippen molar-refractivity contribution >= 4 is 0 Å². The van der Waals surface area contributed by atoms with Crippen molar-refractivity contribution < 1.29 is 28.7 Å². The molecule has 0 bridgehead atoms. The van der Waals surface area contributed by atoms with Crippen LogP contribution in [0.4, 0.5) is 0 Å². The SMILES string of the molecule is CC1(C)CCCC(C)(C)N1OCCc1ccc(COc2cc(OCc3ccc(CCON4C(C)(C)CCCC4(C)C)cc3)cc(OCc3ccc(CCON4C(C)(C)CCCC4(C)C)cc3)c2)cc1. The molecule has 3 fully saturated rings. The van der Waals surface area contributed by atoms with Crippen LogP contribution < -0.4 is 14.2 Å². The number of hydroxylamine groups is 6. The molecule has 0 aromatic heterocycles. The number of nitrogens with zero attached hydrogens (tertiary/aromatic N) is 3. The summed E-state index contributed by atoms with van der Waals surface area (Å²) in [6.45, 7) is 30.7. The molecule has 9 nitrogen and oxygen atoms in total. The molecule has 0 atom stereocenters. The number of rotatable bonds is 21. The van der Waals surface area contributed by atoms with Crippen molar-refractivity contribution in [1.29, 1.82) is 0 Å². The molecule has 7 rings (SSSR count). The van der Waals surface area contributed by atoms with E-state index in [1.165, 1.54) is 36.0 Å². The van der Waals surface area contributed by atoms with Gasteiger partial charge in [0, 0.05) is 51.4 Å². The molecule has 3 aliphatic rings. The lowest BCUT2D eigenvalue weighted by molar-refractivity contribution is -0.280. The molecule has 378 valence electrons.